The van der Waals surface area contributed by atoms with Crippen molar-refractivity contribution in [2.75, 3.05) is 18.9 Å². The molecule has 0 bridgehead atoms. The lowest BCUT2D eigenvalue weighted by Gasteiger charge is -2.20. The fraction of sp³-hybridized carbons (Fsp3) is 0.667. The lowest BCUT2D eigenvalue weighted by atomic mass is 10.1. The van der Waals surface area contributed by atoms with E-state index in [2.05, 4.69) is 10.3 Å². The van der Waals surface area contributed by atoms with Crippen LogP contribution < -0.4 is 16.7 Å². The number of aliphatic hydroxyl groups excluding tert-OH is 2. The Morgan fingerprint density at radius 1 is 1.64 bits per heavy atom. The largest absolute Gasteiger partial charge is 0.395 e. The number of aliphatic hydroxyl groups is 2. The molecule has 0 radical (unpaired) electrons. The van der Waals surface area contributed by atoms with E-state index in [-0.39, 0.29) is 25.0 Å². The molecule has 4 atom stereocenters. The maximum atomic E-state index is 14.2. The molecule has 2 heterocycles. The van der Waals surface area contributed by atoms with Crippen molar-refractivity contribution in [2.24, 2.45) is 0 Å². The van der Waals surface area contributed by atoms with Gasteiger partial charge in [0.15, 0.2) is 0 Å². The minimum absolute atomic E-state index is 0.0990. The number of hydrogen-bond donors (Lipinski definition) is 4. The number of rotatable bonds is 5. The second-order valence-electron chi connectivity index (χ2n) is 5.18. The van der Waals surface area contributed by atoms with Crippen LogP contribution in [-0.2, 0) is 4.74 Å². The van der Waals surface area contributed by atoms with Crippen molar-refractivity contribution in [1.29, 1.82) is 0 Å². The Labute approximate surface area is 124 Å². The average Bonchev–Trinajstić information content (AvgIpc) is 2.68. The number of aromatic nitrogens is 2. The van der Waals surface area contributed by atoms with Gasteiger partial charge in [-0.05, 0) is 13.0 Å². The van der Waals surface area contributed by atoms with Gasteiger partial charge in [0.25, 0.3) is 0 Å². The van der Waals surface area contributed by atoms with Gasteiger partial charge in [-0.1, -0.05) is 0 Å². The molecule has 5 N–H and O–H groups in total. The quantitative estimate of drug-likeness (QED) is 0.531. The summed E-state index contributed by atoms with van der Waals surface area (Å²) in [4.78, 5) is 15.0. The van der Waals surface area contributed by atoms with Crippen molar-refractivity contribution >= 4 is 5.82 Å². The maximum Gasteiger partial charge on any atom is 0.351 e. The molecule has 1 aliphatic rings. The van der Waals surface area contributed by atoms with Gasteiger partial charge in [-0.3, -0.25) is 4.57 Å². The van der Waals surface area contributed by atoms with Crippen LogP contribution in [0.25, 0.3) is 0 Å². The minimum atomic E-state index is -3.67. The van der Waals surface area contributed by atoms with E-state index in [1.807, 2.05) is 0 Å². The van der Waals surface area contributed by atoms with Crippen molar-refractivity contribution in [3.63, 3.8) is 0 Å². The topological polar surface area (TPSA) is 123 Å². The highest BCUT2D eigenvalue weighted by Crippen LogP contribution is 2.41. The van der Waals surface area contributed by atoms with Crippen molar-refractivity contribution in [2.45, 2.75) is 37.3 Å². The number of alkyl halides is 2. The standard InChI is InChI=1S/C12H18F2N4O4/c1-6(5-19)16-4-7-9(20)12(13,14)10(22-7)18-3-2-8(15)17-11(18)21/h2-3,6-7,9-10,16,19-20H,4-5H2,1H3,(H2,15,17,21)/t6?,7-,9-,10-/m1/s1. The van der Waals surface area contributed by atoms with E-state index in [4.69, 9.17) is 15.6 Å². The van der Waals surface area contributed by atoms with Crippen LogP contribution >= 0.6 is 0 Å². The first-order valence-corrected chi connectivity index (χ1v) is 6.67. The number of hydrogen-bond acceptors (Lipinski definition) is 7. The zero-order valence-corrected chi connectivity index (χ0v) is 11.8. The highest BCUT2D eigenvalue weighted by atomic mass is 19.3. The smallest absolute Gasteiger partial charge is 0.351 e. The van der Waals surface area contributed by atoms with Gasteiger partial charge in [0.05, 0.1) is 6.61 Å². The molecule has 0 aliphatic carbocycles. The summed E-state index contributed by atoms with van der Waals surface area (Å²) < 4.78 is 34.0. The molecule has 1 saturated heterocycles. The Morgan fingerprint density at radius 3 is 2.91 bits per heavy atom. The van der Waals surface area contributed by atoms with Crippen LogP contribution in [0.15, 0.2) is 17.1 Å². The predicted octanol–water partition coefficient (Wildman–Crippen LogP) is -1.31. The number of halogens is 2. The maximum absolute atomic E-state index is 14.2. The lowest BCUT2D eigenvalue weighted by molar-refractivity contribution is -0.140. The SMILES string of the molecule is CC(CO)NC[C@H]1O[C@@H](n2ccc(N)nc2=O)C(F)(F)[C@@H]1O. The number of nitrogens with zero attached hydrogens (tertiary/aromatic N) is 2. The van der Waals surface area contributed by atoms with Crippen LogP contribution in [0.3, 0.4) is 0 Å². The number of anilines is 1. The molecule has 0 amide bonds. The molecule has 0 saturated carbocycles. The van der Waals surface area contributed by atoms with Gasteiger partial charge < -0.3 is 26.0 Å². The monoisotopic (exact) mass is 320 g/mol. The number of nitrogens with one attached hydrogen (secondary N) is 1. The summed E-state index contributed by atoms with van der Waals surface area (Å²) in [6.45, 7) is 1.35. The molecule has 22 heavy (non-hydrogen) atoms. The van der Waals surface area contributed by atoms with Crippen molar-refractivity contribution in [3.05, 3.63) is 22.7 Å². The lowest BCUT2D eigenvalue weighted by Crippen LogP contribution is -2.44. The Bertz CT molecular complexity index is 582. The molecule has 2 rings (SSSR count). The van der Waals surface area contributed by atoms with Gasteiger partial charge in [-0.15, -0.1) is 0 Å². The second-order valence-corrected chi connectivity index (χ2v) is 5.18. The van der Waals surface area contributed by atoms with Gasteiger partial charge >= 0.3 is 11.6 Å². The summed E-state index contributed by atoms with van der Waals surface area (Å²) in [5, 5.41) is 21.4. The molecular weight excluding hydrogens is 302 g/mol. The van der Waals surface area contributed by atoms with Crippen LogP contribution in [0, 0.1) is 0 Å². The van der Waals surface area contributed by atoms with Crippen LogP contribution in [0.4, 0.5) is 14.6 Å². The summed E-state index contributed by atoms with van der Waals surface area (Å²) in [5.41, 5.74) is 4.32. The summed E-state index contributed by atoms with van der Waals surface area (Å²) in [7, 11) is 0. The highest BCUT2D eigenvalue weighted by Gasteiger charge is 2.59. The molecule has 0 spiro atoms. The first kappa shape index (κ1) is 16.7. The van der Waals surface area contributed by atoms with E-state index in [9.17, 15) is 18.7 Å². The molecule has 124 valence electrons. The number of nitrogens with two attached hydrogens (primary N) is 1. The van der Waals surface area contributed by atoms with E-state index in [1.54, 1.807) is 6.92 Å². The Hall–Kier alpha value is -1.62. The second kappa shape index (κ2) is 6.24. The Balaban J connectivity index is 2.20. The van der Waals surface area contributed by atoms with Crippen LogP contribution in [0.2, 0.25) is 0 Å². The van der Waals surface area contributed by atoms with Gasteiger partial charge in [0, 0.05) is 18.8 Å². The number of nitrogen functional groups attached to an aromatic ring is 1. The zero-order chi connectivity index (χ0) is 16.5. The van der Waals surface area contributed by atoms with E-state index in [0.717, 1.165) is 6.20 Å². The van der Waals surface area contributed by atoms with Crippen LogP contribution in [0.1, 0.15) is 13.2 Å². The summed E-state index contributed by atoms with van der Waals surface area (Å²) in [5.74, 6) is -3.77. The predicted molar refractivity (Wildman–Crippen MR) is 72.3 cm³/mol. The molecule has 0 aromatic carbocycles. The summed E-state index contributed by atoms with van der Waals surface area (Å²) >= 11 is 0. The Morgan fingerprint density at radius 2 is 2.32 bits per heavy atom. The van der Waals surface area contributed by atoms with E-state index >= 15 is 0 Å². The van der Waals surface area contributed by atoms with Gasteiger partial charge in [-0.2, -0.15) is 13.8 Å². The molecule has 1 aliphatic heterocycles. The highest BCUT2D eigenvalue weighted by molar-refractivity contribution is 5.23. The first-order chi connectivity index (χ1) is 10.3. The molecule has 1 fully saturated rings. The van der Waals surface area contributed by atoms with Crippen LogP contribution in [0.5, 0.6) is 0 Å². The molecule has 10 heteroatoms. The third kappa shape index (κ3) is 3.09. The Kier molecular flexibility index (Phi) is 4.75. The third-order valence-electron chi connectivity index (χ3n) is 3.42. The summed E-state index contributed by atoms with van der Waals surface area (Å²) in [6, 6.07) is 0.844. The fourth-order valence-electron chi connectivity index (χ4n) is 2.12. The normalized spacial score (nSPS) is 28.7. The van der Waals surface area contributed by atoms with Gasteiger partial charge in [0.2, 0.25) is 6.23 Å². The first-order valence-electron chi connectivity index (χ1n) is 6.67. The van der Waals surface area contributed by atoms with E-state index in [0.29, 0.717) is 4.57 Å². The molecule has 1 aromatic rings. The summed E-state index contributed by atoms with van der Waals surface area (Å²) in [6.07, 6.45) is -4.26. The third-order valence-corrected chi connectivity index (χ3v) is 3.42. The minimum Gasteiger partial charge on any atom is -0.395 e. The van der Waals surface area contributed by atoms with Crippen molar-refractivity contribution in [3.8, 4) is 0 Å². The molecule has 8 nitrogen and oxygen atoms in total. The molecular formula is C12H18F2N4O4. The molecule has 1 aromatic heterocycles. The molecule has 1 unspecified atom stereocenters. The zero-order valence-electron chi connectivity index (χ0n) is 11.8. The average molecular weight is 320 g/mol. The van der Waals surface area contributed by atoms with Gasteiger partial charge in [0.1, 0.15) is 18.0 Å². The van der Waals surface area contributed by atoms with Crippen molar-refractivity contribution in [1.82, 2.24) is 14.9 Å². The van der Waals surface area contributed by atoms with Crippen LogP contribution in [-0.4, -0.2) is 57.1 Å². The number of ether oxygens (including phenoxy) is 1. The van der Waals surface area contributed by atoms with Gasteiger partial charge in [-0.25, -0.2) is 4.79 Å². The fourth-order valence-corrected chi connectivity index (χ4v) is 2.12. The van der Waals surface area contributed by atoms with E-state index < -0.39 is 30.0 Å². The van der Waals surface area contributed by atoms with Crippen molar-refractivity contribution < 1.29 is 23.7 Å². The van der Waals surface area contributed by atoms with E-state index in [1.165, 1.54) is 6.07 Å².